The summed E-state index contributed by atoms with van der Waals surface area (Å²) in [4.78, 5) is 26.3. The summed E-state index contributed by atoms with van der Waals surface area (Å²) in [5.74, 6) is -1.19. The van der Waals surface area contributed by atoms with Crippen molar-refractivity contribution in [2.24, 2.45) is 0 Å². The van der Waals surface area contributed by atoms with Crippen molar-refractivity contribution < 1.29 is 27.8 Å². The predicted molar refractivity (Wildman–Crippen MR) is 124 cm³/mol. The van der Waals surface area contributed by atoms with E-state index >= 15 is 0 Å². The Morgan fingerprint density at radius 3 is 2.43 bits per heavy atom. The van der Waals surface area contributed by atoms with E-state index in [9.17, 15) is 23.1 Å². The summed E-state index contributed by atoms with van der Waals surface area (Å²) in [6.45, 7) is 4.88. The second-order valence-corrected chi connectivity index (χ2v) is 7.91. The van der Waals surface area contributed by atoms with E-state index in [-0.39, 0.29) is 35.2 Å². The molecule has 0 spiro atoms. The van der Waals surface area contributed by atoms with Gasteiger partial charge in [-0.05, 0) is 62.7 Å². The molecule has 2 heterocycles. The number of halogens is 3. The minimum absolute atomic E-state index is 0.107. The first-order valence-corrected chi connectivity index (χ1v) is 10.9. The molecular weight excluding hydrogens is 463 g/mol. The molecule has 0 aliphatic heterocycles. The lowest BCUT2D eigenvalue weighted by molar-refractivity contribution is -0.134. The molecule has 3 rings (SSSR count). The second-order valence-electron chi connectivity index (χ2n) is 7.91. The van der Waals surface area contributed by atoms with Gasteiger partial charge in [0.1, 0.15) is 11.5 Å². The van der Waals surface area contributed by atoms with Crippen LogP contribution in [-0.4, -0.2) is 56.7 Å². The molecule has 0 saturated carbocycles. The number of aryl methyl sites for hydroxylation is 1. The van der Waals surface area contributed by atoms with E-state index in [1.807, 2.05) is 0 Å². The van der Waals surface area contributed by atoms with Gasteiger partial charge < -0.3 is 20.5 Å². The summed E-state index contributed by atoms with van der Waals surface area (Å²) in [6.07, 6.45) is -3.57. The number of nitrogens with two attached hydrogens (primary N) is 1. The number of amides is 1. The predicted octanol–water partition coefficient (Wildman–Crippen LogP) is 3.78. The first-order chi connectivity index (χ1) is 16.6. The van der Waals surface area contributed by atoms with Crippen molar-refractivity contribution in [1.82, 2.24) is 19.9 Å². The summed E-state index contributed by atoms with van der Waals surface area (Å²) >= 11 is 0. The number of hydrogen-bond donors (Lipinski definition) is 2. The summed E-state index contributed by atoms with van der Waals surface area (Å²) in [7, 11) is 0. The Morgan fingerprint density at radius 2 is 1.83 bits per heavy atom. The number of carbonyl (C=O) groups excluding carboxylic acids is 1. The first kappa shape index (κ1) is 25.9. The Morgan fingerprint density at radius 1 is 1.14 bits per heavy atom. The average Bonchev–Trinajstić information content (AvgIpc) is 2.80. The summed E-state index contributed by atoms with van der Waals surface area (Å²) in [6, 6.07) is 8.09. The number of nitrogen functional groups attached to an aromatic ring is 1. The van der Waals surface area contributed by atoms with Crippen LogP contribution < -0.4 is 10.5 Å². The Labute approximate surface area is 200 Å². The number of aromatic nitrogens is 3. The van der Waals surface area contributed by atoms with Crippen LogP contribution in [0.15, 0.2) is 36.4 Å². The number of aliphatic hydroxyl groups is 1. The van der Waals surface area contributed by atoms with Gasteiger partial charge in [0.25, 0.3) is 12.3 Å². The molecule has 0 radical (unpaired) electrons. The van der Waals surface area contributed by atoms with Gasteiger partial charge in [-0.1, -0.05) is 0 Å². The zero-order chi connectivity index (χ0) is 25.7. The Hall–Kier alpha value is -3.73. The number of carbonyl (C=O) groups is 1. The highest BCUT2D eigenvalue weighted by atomic mass is 19.3. The SMILES string of the molecule is CCN(C[C@H](C)O)C(=O)COc1nc(N)nc(-c2ccc(F)cc2)c1-c1cc(C)nc(C(F)F)c1. The number of anilines is 1. The van der Waals surface area contributed by atoms with Crippen LogP contribution in [0.5, 0.6) is 5.88 Å². The Bertz CT molecular complexity index is 1190. The number of alkyl halides is 2. The Kier molecular flexibility index (Phi) is 8.23. The third-order valence-corrected chi connectivity index (χ3v) is 5.05. The van der Waals surface area contributed by atoms with E-state index in [4.69, 9.17) is 10.5 Å². The van der Waals surface area contributed by atoms with E-state index in [1.54, 1.807) is 26.8 Å². The van der Waals surface area contributed by atoms with Gasteiger partial charge >= 0.3 is 0 Å². The van der Waals surface area contributed by atoms with Gasteiger partial charge in [0.15, 0.2) is 6.61 Å². The van der Waals surface area contributed by atoms with Crippen molar-refractivity contribution in [3.63, 3.8) is 0 Å². The van der Waals surface area contributed by atoms with Crippen LogP contribution in [0.1, 0.15) is 31.7 Å². The fourth-order valence-corrected chi connectivity index (χ4v) is 3.54. The third kappa shape index (κ3) is 6.44. The number of pyridine rings is 1. The molecule has 0 unspecified atom stereocenters. The molecule has 2 aromatic heterocycles. The van der Waals surface area contributed by atoms with Crippen LogP contribution in [0.25, 0.3) is 22.4 Å². The lowest BCUT2D eigenvalue weighted by Crippen LogP contribution is -2.39. The average molecular weight is 489 g/mol. The van der Waals surface area contributed by atoms with E-state index in [0.717, 1.165) is 0 Å². The van der Waals surface area contributed by atoms with Crippen molar-refractivity contribution in [1.29, 1.82) is 0 Å². The maximum atomic E-state index is 13.6. The largest absolute Gasteiger partial charge is 0.467 e. The van der Waals surface area contributed by atoms with Crippen molar-refractivity contribution in [2.45, 2.75) is 33.3 Å². The number of aliphatic hydroxyl groups excluding tert-OH is 1. The maximum absolute atomic E-state index is 13.6. The highest BCUT2D eigenvalue weighted by Gasteiger charge is 2.23. The highest BCUT2D eigenvalue weighted by molar-refractivity contribution is 5.85. The summed E-state index contributed by atoms with van der Waals surface area (Å²) in [5, 5.41) is 9.63. The number of hydrogen-bond acceptors (Lipinski definition) is 7. The highest BCUT2D eigenvalue weighted by Crippen LogP contribution is 2.39. The van der Waals surface area contributed by atoms with Gasteiger partial charge in [-0.2, -0.15) is 4.98 Å². The molecule has 1 amide bonds. The normalized spacial score (nSPS) is 12.0. The number of rotatable bonds is 9. The number of benzene rings is 1. The number of ether oxygens (including phenoxy) is 1. The van der Waals surface area contributed by atoms with Crippen LogP contribution in [0, 0.1) is 12.7 Å². The van der Waals surface area contributed by atoms with Gasteiger partial charge in [-0.3, -0.25) is 9.78 Å². The van der Waals surface area contributed by atoms with Crippen molar-refractivity contribution in [3.8, 4) is 28.3 Å². The Balaban J connectivity index is 2.13. The molecule has 1 atom stereocenters. The van der Waals surface area contributed by atoms with E-state index in [2.05, 4.69) is 15.0 Å². The fourth-order valence-electron chi connectivity index (χ4n) is 3.54. The molecule has 35 heavy (non-hydrogen) atoms. The zero-order valence-corrected chi connectivity index (χ0v) is 19.5. The van der Waals surface area contributed by atoms with Crippen LogP contribution in [0.4, 0.5) is 19.1 Å². The van der Waals surface area contributed by atoms with Crippen LogP contribution in [0.2, 0.25) is 0 Å². The summed E-state index contributed by atoms with van der Waals surface area (Å²) in [5.41, 5.74) is 6.87. The molecule has 3 N–H and O–H groups in total. The maximum Gasteiger partial charge on any atom is 0.280 e. The molecule has 1 aromatic carbocycles. The minimum atomic E-state index is -2.83. The van der Waals surface area contributed by atoms with E-state index in [0.29, 0.717) is 17.8 Å². The lowest BCUT2D eigenvalue weighted by Gasteiger charge is -2.23. The molecule has 8 nitrogen and oxygen atoms in total. The quantitative estimate of drug-likeness (QED) is 0.470. The van der Waals surface area contributed by atoms with Crippen molar-refractivity contribution in [2.75, 3.05) is 25.4 Å². The lowest BCUT2D eigenvalue weighted by atomic mass is 9.99. The first-order valence-electron chi connectivity index (χ1n) is 10.9. The molecule has 0 aliphatic rings. The molecular formula is C24H26F3N5O3. The van der Waals surface area contributed by atoms with E-state index in [1.165, 1.54) is 35.2 Å². The van der Waals surface area contributed by atoms with Gasteiger partial charge in [0, 0.05) is 24.3 Å². The monoisotopic (exact) mass is 489 g/mol. The smallest absolute Gasteiger partial charge is 0.280 e. The zero-order valence-electron chi connectivity index (χ0n) is 19.5. The molecule has 186 valence electrons. The second kappa shape index (κ2) is 11.1. The standard InChI is InChI=1S/C24H26F3N5O3/c1-4-32(11-14(3)33)19(34)12-35-23-20(16-9-13(2)29-18(10-16)22(26)27)21(30-24(28)31-23)15-5-7-17(25)8-6-15/h5-10,14,22,33H,4,11-12H2,1-3H3,(H2,28,30,31)/t14-/m0/s1. The van der Waals surface area contributed by atoms with Crippen LogP contribution in [-0.2, 0) is 4.79 Å². The molecule has 3 aromatic rings. The minimum Gasteiger partial charge on any atom is -0.467 e. The number of likely N-dealkylation sites (N-methyl/N-ethyl adjacent to an activating group) is 1. The molecule has 0 fully saturated rings. The third-order valence-electron chi connectivity index (χ3n) is 5.05. The summed E-state index contributed by atoms with van der Waals surface area (Å²) < 4.78 is 46.3. The van der Waals surface area contributed by atoms with Crippen LogP contribution in [0.3, 0.4) is 0 Å². The van der Waals surface area contributed by atoms with Gasteiger partial charge in [0.05, 0.1) is 17.4 Å². The number of nitrogens with zero attached hydrogens (tertiary/aromatic N) is 4. The van der Waals surface area contributed by atoms with E-state index < -0.39 is 36.6 Å². The molecule has 0 bridgehead atoms. The molecule has 0 saturated heterocycles. The van der Waals surface area contributed by atoms with Crippen molar-refractivity contribution >= 4 is 11.9 Å². The topological polar surface area (TPSA) is 114 Å². The van der Waals surface area contributed by atoms with Gasteiger partial charge in [-0.15, -0.1) is 0 Å². The fraction of sp³-hybridized carbons (Fsp3) is 0.333. The van der Waals surface area contributed by atoms with Gasteiger partial charge in [-0.25, -0.2) is 18.2 Å². The molecule has 11 heteroatoms. The van der Waals surface area contributed by atoms with Gasteiger partial charge in [0.2, 0.25) is 11.8 Å². The van der Waals surface area contributed by atoms with Crippen LogP contribution >= 0.6 is 0 Å². The van der Waals surface area contributed by atoms with Crippen molar-refractivity contribution in [3.05, 3.63) is 53.6 Å². The molecule has 0 aliphatic carbocycles.